The summed E-state index contributed by atoms with van der Waals surface area (Å²) in [6.45, 7) is 4.89. The molecule has 1 saturated heterocycles. The van der Waals surface area contributed by atoms with Crippen molar-refractivity contribution in [1.82, 2.24) is 20.4 Å². The van der Waals surface area contributed by atoms with Crippen LogP contribution in [-0.2, 0) is 6.42 Å². The Bertz CT molecular complexity index is 581. The minimum absolute atomic E-state index is 0.152. The molecule has 1 aromatic rings. The van der Waals surface area contributed by atoms with E-state index in [1.54, 1.807) is 7.05 Å². The van der Waals surface area contributed by atoms with Gasteiger partial charge in [0, 0.05) is 50.3 Å². The van der Waals surface area contributed by atoms with Crippen molar-refractivity contribution >= 4 is 21.9 Å². The molecule has 1 aliphatic heterocycles. The number of likely N-dealkylation sites (N-methyl/N-ethyl adjacent to an activating group) is 2. The van der Waals surface area contributed by atoms with E-state index in [0.29, 0.717) is 12.5 Å². The number of hydrogen-bond donors (Lipinski definition) is 2. The normalized spacial score (nSPS) is 19.9. The minimum Gasteiger partial charge on any atom is -0.356 e. The molecular formula is C18H29BrFN5. The SMILES string of the molecule is CN=C(NCCCc1ccc(Br)cc1F)NCC1CN(C)CCN1C. The number of nitrogens with zero attached hydrogens (tertiary/aromatic N) is 3. The van der Waals surface area contributed by atoms with Crippen molar-refractivity contribution in [3.8, 4) is 0 Å². The highest BCUT2D eigenvalue weighted by Crippen LogP contribution is 2.16. The Kier molecular flexibility index (Phi) is 8.12. The fourth-order valence-corrected chi connectivity index (χ4v) is 3.30. The lowest BCUT2D eigenvalue weighted by atomic mass is 10.1. The molecule has 0 saturated carbocycles. The summed E-state index contributed by atoms with van der Waals surface area (Å²) in [7, 11) is 6.11. The number of aliphatic imine (C=N–C) groups is 1. The quantitative estimate of drug-likeness (QED) is 0.424. The summed E-state index contributed by atoms with van der Waals surface area (Å²) < 4.78 is 14.6. The van der Waals surface area contributed by atoms with Crippen molar-refractivity contribution in [2.24, 2.45) is 4.99 Å². The first-order valence-electron chi connectivity index (χ1n) is 8.77. The molecule has 1 aromatic carbocycles. The zero-order valence-corrected chi connectivity index (χ0v) is 16.9. The van der Waals surface area contributed by atoms with Crippen LogP contribution in [0.2, 0.25) is 0 Å². The number of guanidine groups is 1. The topological polar surface area (TPSA) is 42.9 Å². The summed E-state index contributed by atoms with van der Waals surface area (Å²) in [5.41, 5.74) is 0.750. The molecule has 0 bridgehead atoms. The fraction of sp³-hybridized carbons (Fsp3) is 0.611. The molecule has 1 aliphatic rings. The molecule has 140 valence electrons. The van der Waals surface area contributed by atoms with E-state index in [2.05, 4.69) is 55.5 Å². The molecule has 1 heterocycles. The maximum absolute atomic E-state index is 13.8. The largest absolute Gasteiger partial charge is 0.356 e. The van der Waals surface area contributed by atoms with Crippen LogP contribution < -0.4 is 10.6 Å². The van der Waals surface area contributed by atoms with Crippen LogP contribution in [0.15, 0.2) is 27.7 Å². The number of halogens is 2. The summed E-state index contributed by atoms with van der Waals surface area (Å²) >= 11 is 3.28. The molecule has 5 nitrogen and oxygen atoms in total. The molecular weight excluding hydrogens is 385 g/mol. The second-order valence-electron chi connectivity index (χ2n) is 6.62. The van der Waals surface area contributed by atoms with Crippen LogP contribution in [-0.4, -0.2) is 75.7 Å². The molecule has 2 rings (SSSR count). The second-order valence-corrected chi connectivity index (χ2v) is 7.53. The fourth-order valence-electron chi connectivity index (χ4n) is 2.97. The molecule has 1 fully saturated rings. The average molecular weight is 414 g/mol. The standard InChI is InChI=1S/C18H29BrFN5/c1-21-18(23-12-16-13-24(2)9-10-25(16)3)22-8-4-5-14-6-7-15(19)11-17(14)20/h6-7,11,16H,4-5,8-10,12-13H2,1-3H3,(H2,21,22,23). The average Bonchev–Trinajstić information content (AvgIpc) is 2.58. The third-order valence-corrected chi connectivity index (χ3v) is 5.13. The lowest BCUT2D eigenvalue weighted by Crippen LogP contribution is -2.55. The van der Waals surface area contributed by atoms with Crippen LogP contribution in [0, 0.1) is 5.82 Å². The smallest absolute Gasteiger partial charge is 0.191 e. The van der Waals surface area contributed by atoms with Gasteiger partial charge in [0.15, 0.2) is 5.96 Å². The second kappa shape index (κ2) is 10.1. The van der Waals surface area contributed by atoms with Gasteiger partial charge in [-0.1, -0.05) is 22.0 Å². The van der Waals surface area contributed by atoms with Crippen molar-refractivity contribution in [1.29, 1.82) is 0 Å². The summed E-state index contributed by atoms with van der Waals surface area (Å²) in [5.74, 6) is 0.652. The van der Waals surface area contributed by atoms with E-state index in [0.717, 1.165) is 55.1 Å². The lowest BCUT2D eigenvalue weighted by molar-refractivity contribution is 0.116. The zero-order chi connectivity index (χ0) is 18.2. The Morgan fingerprint density at radius 2 is 2.12 bits per heavy atom. The first-order valence-corrected chi connectivity index (χ1v) is 9.56. The van der Waals surface area contributed by atoms with Crippen molar-refractivity contribution in [2.45, 2.75) is 18.9 Å². The van der Waals surface area contributed by atoms with E-state index >= 15 is 0 Å². The summed E-state index contributed by atoms with van der Waals surface area (Å²) in [5, 5.41) is 6.71. The molecule has 1 atom stereocenters. The van der Waals surface area contributed by atoms with E-state index in [1.807, 2.05) is 12.1 Å². The predicted molar refractivity (Wildman–Crippen MR) is 106 cm³/mol. The van der Waals surface area contributed by atoms with Gasteiger partial charge in [0.05, 0.1) is 0 Å². The van der Waals surface area contributed by atoms with Gasteiger partial charge in [-0.15, -0.1) is 0 Å². The molecule has 0 radical (unpaired) electrons. The van der Waals surface area contributed by atoms with Gasteiger partial charge in [-0.05, 0) is 44.6 Å². The van der Waals surface area contributed by atoms with Crippen molar-refractivity contribution < 1.29 is 4.39 Å². The Morgan fingerprint density at radius 1 is 1.32 bits per heavy atom. The molecule has 0 aromatic heterocycles. The summed E-state index contributed by atoms with van der Waals surface area (Å²) in [4.78, 5) is 9.01. The molecule has 2 N–H and O–H groups in total. The van der Waals surface area contributed by atoms with Crippen molar-refractivity contribution in [3.05, 3.63) is 34.1 Å². The van der Waals surface area contributed by atoms with Crippen LogP contribution >= 0.6 is 15.9 Å². The number of benzene rings is 1. The zero-order valence-electron chi connectivity index (χ0n) is 15.4. The van der Waals surface area contributed by atoms with Crippen LogP contribution in [0.25, 0.3) is 0 Å². The number of aryl methyl sites for hydroxylation is 1. The van der Waals surface area contributed by atoms with Gasteiger partial charge < -0.3 is 15.5 Å². The van der Waals surface area contributed by atoms with Gasteiger partial charge in [0.1, 0.15) is 5.82 Å². The molecule has 0 spiro atoms. The van der Waals surface area contributed by atoms with Gasteiger partial charge in [0.2, 0.25) is 0 Å². The minimum atomic E-state index is -0.152. The summed E-state index contributed by atoms with van der Waals surface area (Å²) in [6.07, 6.45) is 1.56. The Labute approximate surface area is 158 Å². The van der Waals surface area contributed by atoms with E-state index in [9.17, 15) is 4.39 Å². The van der Waals surface area contributed by atoms with Gasteiger partial charge >= 0.3 is 0 Å². The van der Waals surface area contributed by atoms with Crippen molar-refractivity contribution in [2.75, 3.05) is 53.9 Å². The third-order valence-electron chi connectivity index (χ3n) is 4.64. The van der Waals surface area contributed by atoms with Gasteiger partial charge in [0.25, 0.3) is 0 Å². The van der Waals surface area contributed by atoms with E-state index in [-0.39, 0.29) is 5.82 Å². The van der Waals surface area contributed by atoms with Crippen LogP contribution in [0.5, 0.6) is 0 Å². The van der Waals surface area contributed by atoms with E-state index in [1.165, 1.54) is 6.07 Å². The van der Waals surface area contributed by atoms with Gasteiger partial charge in [-0.25, -0.2) is 4.39 Å². The molecule has 1 unspecified atom stereocenters. The first-order chi connectivity index (χ1) is 12.0. The third kappa shape index (κ3) is 6.56. The van der Waals surface area contributed by atoms with E-state index < -0.39 is 0 Å². The van der Waals surface area contributed by atoms with Crippen LogP contribution in [0.1, 0.15) is 12.0 Å². The number of piperazine rings is 1. The van der Waals surface area contributed by atoms with Gasteiger partial charge in [-0.2, -0.15) is 0 Å². The maximum Gasteiger partial charge on any atom is 0.191 e. The van der Waals surface area contributed by atoms with E-state index in [4.69, 9.17) is 0 Å². The summed E-state index contributed by atoms with van der Waals surface area (Å²) in [6, 6.07) is 5.71. The molecule has 0 aliphatic carbocycles. The highest BCUT2D eigenvalue weighted by atomic mass is 79.9. The Hall–Kier alpha value is -1.18. The monoisotopic (exact) mass is 413 g/mol. The Balaban J connectivity index is 1.69. The predicted octanol–water partition coefficient (Wildman–Crippen LogP) is 1.93. The number of hydrogen-bond acceptors (Lipinski definition) is 3. The highest BCUT2D eigenvalue weighted by molar-refractivity contribution is 9.10. The highest BCUT2D eigenvalue weighted by Gasteiger charge is 2.21. The lowest BCUT2D eigenvalue weighted by Gasteiger charge is -2.37. The molecule has 7 heteroatoms. The van der Waals surface area contributed by atoms with Crippen molar-refractivity contribution in [3.63, 3.8) is 0 Å². The molecule has 0 amide bonds. The first kappa shape index (κ1) is 20.1. The number of nitrogens with one attached hydrogen (secondary N) is 2. The maximum atomic E-state index is 13.8. The van der Waals surface area contributed by atoms with Gasteiger partial charge in [-0.3, -0.25) is 9.89 Å². The van der Waals surface area contributed by atoms with Crippen LogP contribution in [0.4, 0.5) is 4.39 Å². The molecule has 25 heavy (non-hydrogen) atoms. The Morgan fingerprint density at radius 3 is 2.84 bits per heavy atom. The number of rotatable bonds is 6. The van der Waals surface area contributed by atoms with Crippen LogP contribution in [0.3, 0.4) is 0 Å².